The van der Waals surface area contributed by atoms with E-state index in [4.69, 9.17) is 5.73 Å². The van der Waals surface area contributed by atoms with Gasteiger partial charge >= 0.3 is 0 Å². The second kappa shape index (κ2) is 2.69. The zero-order valence-electron chi connectivity index (χ0n) is 7.66. The molecule has 1 heterocycles. The molecule has 0 aromatic rings. The maximum absolute atomic E-state index is 9.18. The molecule has 2 aliphatic rings. The van der Waals surface area contributed by atoms with Crippen molar-refractivity contribution in [2.45, 2.75) is 31.9 Å². The molecule has 0 aromatic heterocycles. The summed E-state index contributed by atoms with van der Waals surface area (Å²) in [6, 6.07) is -0.0684. The highest BCUT2D eigenvalue weighted by atomic mass is 16.3. The number of aliphatic hydroxyl groups is 1. The molecule has 70 valence electrons. The molecule has 1 spiro atoms. The van der Waals surface area contributed by atoms with Crippen molar-refractivity contribution in [1.82, 2.24) is 4.90 Å². The first-order chi connectivity index (χ1) is 5.61. The van der Waals surface area contributed by atoms with Crippen LogP contribution >= 0.6 is 0 Å². The average molecular weight is 170 g/mol. The van der Waals surface area contributed by atoms with E-state index in [0.29, 0.717) is 5.41 Å². The van der Waals surface area contributed by atoms with Crippen LogP contribution in [-0.2, 0) is 0 Å². The number of rotatable bonds is 3. The van der Waals surface area contributed by atoms with Crippen molar-refractivity contribution in [2.24, 2.45) is 11.1 Å². The number of nitrogens with zero attached hydrogens (tertiary/aromatic N) is 1. The molecule has 0 aromatic carbocycles. The normalized spacial score (nSPS) is 31.2. The Morgan fingerprint density at radius 1 is 1.50 bits per heavy atom. The van der Waals surface area contributed by atoms with Crippen molar-refractivity contribution >= 4 is 0 Å². The first-order valence-electron chi connectivity index (χ1n) is 4.77. The van der Waals surface area contributed by atoms with Crippen LogP contribution in [0.5, 0.6) is 0 Å². The molecule has 3 nitrogen and oxygen atoms in total. The monoisotopic (exact) mass is 170 g/mol. The third-order valence-electron chi connectivity index (χ3n) is 3.16. The Hall–Kier alpha value is -0.120. The maximum Gasteiger partial charge on any atom is 0.0675 e. The lowest BCUT2D eigenvalue weighted by molar-refractivity contribution is 0.0516. The van der Waals surface area contributed by atoms with Gasteiger partial charge in [0, 0.05) is 25.7 Å². The van der Waals surface area contributed by atoms with Gasteiger partial charge in [-0.15, -0.1) is 0 Å². The van der Waals surface area contributed by atoms with Gasteiger partial charge in [-0.05, 0) is 25.2 Å². The van der Waals surface area contributed by atoms with Crippen LogP contribution in [0, 0.1) is 5.41 Å². The molecular formula is C9H18N2O. The van der Waals surface area contributed by atoms with Crippen molar-refractivity contribution in [3.8, 4) is 0 Å². The molecule has 2 rings (SSSR count). The van der Waals surface area contributed by atoms with Gasteiger partial charge in [-0.2, -0.15) is 0 Å². The Balaban J connectivity index is 1.68. The van der Waals surface area contributed by atoms with Crippen molar-refractivity contribution < 1.29 is 5.11 Å². The Labute approximate surface area is 73.5 Å². The van der Waals surface area contributed by atoms with E-state index in [9.17, 15) is 5.11 Å². The Kier molecular flexibility index (Phi) is 1.90. The van der Waals surface area contributed by atoms with E-state index in [1.165, 1.54) is 25.9 Å². The largest absolute Gasteiger partial charge is 0.392 e. The van der Waals surface area contributed by atoms with Crippen LogP contribution in [-0.4, -0.2) is 41.8 Å². The minimum atomic E-state index is -0.374. The molecule has 1 aliphatic carbocycles. The fraction of sp³-hybridized carbons (Fsp3) is 1.00. The van der Waals surface area contributed by atoms with Crippen LogP contribution in [0.25, 0.3) is 0 Å². The summed E-state index contributed by atoms with van der Waals surface area (Å²) in [5.74, 6) is 0. The molecule has 1 saturated carbocycles. The number of hydrogen-bond acceptors (Lipinski definition) is 3. The molecule has 2 atom stereocenters. The third-order valence-corrected chi connectivity index (χ3v) is 3.16. The summed E-state index contributed by atoms with van der Waals surface area (Å²) in [6.07, 6.45) is 2.45. The first kappa shape index (κ1) is 8.48. The molecule has 3 N–H and O–H groups in total. The molecule has 0 bridgehead atoms. The Morgan fingerprint density at radius 3 is 2.50 bits per heavy atom. The molecule has 3 heteroatoms. The van der Waals surface area contributed by atoms with E-state index in [1.807, 2.05) is 0 Å². The molecule has 1 aliphatic heterocycles. The lowest BCUT2D eigenvalue weighted by Gasteiger charge is -2.41. The summed E-state index contributed by atoms with van der Waals surface area (Å²) in [7, 11) is 0. The van der Waals surface area contributed by atoms with Gasteiger partial charge in [0.1, 0.15) is 0 Å². The second-order valence-electron chi connectivity index (χ2n) is 4.57. The number of nitrogens with two attached hydrogens (primary N) is 1. The van der Waals surface area contributed by atoms with Crippen LogP contribution in [0.15, 0.2) is 0 Å². The zero-order chi connectivity index (χ0) is 8.77. The lowest BCUT2D eigenvalue weighted by Crippen LogP contribution is -2.54. The SMILES string of the molecule is CC(O)C(N)CN1CC2(CC2)C1. The number of likely N-dealkylation sites (tertiary alicyclic amines) is 1. The zero-order valence-corrected chi connectivity index (χ0v) is 7.66. The van der Waals surface area contributed by atoms with E-state index in [-0.39, 0.29) is 12.1 Å². The van der Waals surface area contributed by atoms with Crippen LogP contribution in [0.1, 0.15) is 19.8 Å². The van der Waals surface area contributed by atoms with Crippen molar-refractivity contribution in [3.63, 3.8) is 0 Å². The topological polar surface area (TPSA) is 49.5 Å². The van der Waals surface area contributed by atoms with E-state index in [0.717, 1.165) is 6.54 Å². The fourth-order valence-electron chi connectivity index (χ4n) is 1.98. The van der Waals surface area contributed by atoms with E-state index in [2.05, 4.69) is 4.90 Å². The van der Waals surface area contributed by atoms with Crippen LogP contribution in [0.3, 0.4) is 0 Å². The molecule has 2 unspecified atom stereocenters. The fourth-order valence-corrected chi connectivity index (χ4v) is 1.98. The Morgan fingerprint density at radius 2 is 2.08 bits per heavy atom. The summed E-state index contributed by atoms with van der Waals surface area (Å²) in [4.78, 5) is 2.35. The number of hydrogen-bond donors (Lipinski definition) is 2. The van der Waals surface area contributed by atoms with Crippen LogP contribution in [0.4, 0.5) is 0 Å². The molecule has 0 amide bonds. The number of aliphatic hydroxyl groups excluding tert-OH is 1. The summed E-state index contributed by atoms with van der Waals surface area (Å²) in [6.45, 7) is 5.05. The predicted octanol–water partition coefficient (Wildman–Crippen LogP) is -0.210. The summed E-state index contributed by atoms with van der Waals surface area (Å²) in [5, 5.41) is 9.18. The molecular weight excluding hydrogens is 152 g/mol. The standard InChI is InChI=1S/C9H18N2O/c1-7(12)8(10)4-11-5-9(6-11)2-3-9/h7-8,12H,2-6,10H2,1H3. The van der Waals surface area contributed by atoms with Gasteiger partial charge in [-0.1, -0.05) is 0 Å². The highest BCUT2D eigenvalue weighted by Gasteiger charge is 2.52. The predicted molar refractivity (Wildman–Crippen MR) is 47.8 cm³/mol. The highest BCUT2D eigenvalue weighted by Crippen LogP contribution is 2.52. The summed E-state index contributed by atoms with van der Waals surface area (Å²) in [5.41, 5.74) is 6.45. The lowest BCUT2D eigenvalue weighted by atomic mass is 9.96. The average Bonchev–Trinajstić information content (AvgIpc) is 2.65. The second-order valence-corrected chi connectivity index (χ2v) is 4.57. The molecule has 12 heavy (non-hydrogen) atoms. The van der Waals surface area contributed by atoms with E-state index >= 15 is 0 Å². The quantitative estimate of drug-likeness (QED) is 0.616. The first-order valence-corrected chi connectivity index (χ1v) is 4.77. The minimum Gasteiger partial charge on any atom is -0.392 e. The van der Waals surface area contributed by atoms with Gasteiger partial charge < -0.3 is 15.7 Å². The molecule has 1 saturated heterocycles. The highest BCUT2D eigenvalue weighted by molar-refractivity contribution is 5.05. The van der Waals surface area contributed by atoms with E-state index < -0.39 is 0 Å². The van der Waals surface area contributed by atoms with Gasteiger partial charge in [-0.25, -0.2) is 0 Å². The summed E-state index contributed by atoms with van der Waals surface area (Å²) >= 11 is 0. The van der Waals surface area contributed by atoms with Crippen molar-refractivity contribution in [1.29, 1.82) is 0 Å². The van der Waals surface area contributed by atoms with Gasteiger partial charge in [0.25, 0.3) is 0 Å². The third kappa shape index (κ3) is 1.49. The van der Waals surface area contributed by atoms with Gasteiger partial charge in [-0.3, -0.25) is 0 Å². The van der Waals surface area contributed by atoms with Crippen molar-refractivity contribution in [2.75, 3.05) is 19.6 Å². The summed E-state index contributed by atoms with van der Waals surface area (Å²) < 4.78 is 0. The van der Waals surface area contributed by atoms with Gasteiger partial charge in [0.2, 0.25) is 0 Å². The maximum atomic E-state index is 9.18. The Bertz CT molecular complexity index is 169. The molecule has 2 fully saturated rings. The van der Waals surface area contributed by atoms with Crippen LogP contribution in [0.2, 0.25) is 0 Å². The van der Waals surface area contributed by atoms with Crippen LogP contribution < -0.4 is 5.73 Å². The van der Waals surface area contributed by atoms with Gasteiger partial charge in [0.05, 0.1) is 6.10 Å². The molecule has 0 radical (unpaired) electrons. The van der Waals surface area contributed by atoms with Gasteiger partial charge in [0.15, 0.2) is 0 Å². The minimum absolute atomic E-state index is 0.0684. The van der Waals surface area contributed by atoms with E-state index in [1.54, 1.807) is 6.92 Å². The smallest absolute Gasteiger partial charge is 0.0675 e. The van der Waals surface area contributed by atoms with Crippen molar-refractivity contribution in [3.05, 3.63) is 0 Å².